The Balaban J connectivity index is 2.51. The van der Waals surface area contributed by atoms with E-state index in [9.17, 15) is 14.4 Å². The first-order valence-corrected chi connectivity index (χ1v) is 11.1. The van der Waals surface area contributed by atoms with Gasteiger partial charge in [-0.05, 0) is 40.5 Å². The van der Waals surface area contributed by atoms with Gasteiger partial charge in [-0.3, -0.25) is 5.32 Å². The van der Waals surface area contributed by atoms with E-state index in [2.05, 4.69) is 10.6 Å². The van der Waals surface area contributed by atoms with E-state index >= 15 is 0 Å². The highest BCUT2D eigenvalue weighted by Crippen LogP contribution is 2.24. The molecule has 2 N–H and O–H groups in total. The van der Waals surface area contributed by atoms with E-state index in [4.69, 9.17) is 14.2 Å². The summed E-state index contributed by atoms with van der Waals surface area (Å²) >= 11 is 0. The van der Waals surface area contributed by atoms with Gasteiger partial charge in [0.2, 0.25) is 0 Å². The van der Waals surface area contributed by atoms with Crippen LogP contribution in [-0.4, -0.2) is 37.2 Å². The number of ether oxygens (including phenoxy) is 3. The Labute approximate surface area is 191 Å². The Morgan fingerprint density at radius 3 is 2.16 bits per heavy atom. The monoisotopic (exact) mass is 450 g/mol. The number of rotatable bonds is 13. The van der Waals surface area contributed by atoms with Crippen molar-refractivity contribution in [2.24, 2.45) is 0 Å². The Hall–Kier alpha value is -2.61. The molecular weight excluding hydrogens is 412 g/mol. The van der Waals surface area contributed by atoms with Gasteiger partial charge in [-0.2, -0.15) is 0 Å². The number of unbranched alkanes of at least 4 members (excludes halogenated alkanes) is 4. The summed E-state index contributed by atoms with van der Waals surface area (Å²) in [5, 5.41) is 5.49. The number of Topliss-reactive ketones (excluding diaryl/α,β-unsaturated/α-hetero) is 1. The number of carbonyl (C=O) groups excluding carboxylic acids is 3. The fourth-order valence-electron chi connectivity index (χ4n) is 3.03. The molecule has 0 saturated carbocycles. The van der Waals surface area contributed by atoms with Gasteiger partial charge in [0.25, 0.3) is 0 Å². The van der Waals surface area contributed by atoms with Crippen LogP contribution < -0.4 is 10.6 Å². The average Bonchev–Trinajstić information content (AvgIpc) is 2.68. The number of hydrogen-bond donors (Lipinski definition) is 2. The fraction of sp³-hybridized carbons (Fsp3) is 0.625. The van der Waals surface area contributed by atoms with Crippen LogP contribution in [0.4, 0.5) is 15.3 Å². The van der Waals surface area contributed by atoms with Crippen molar-refractivity contribution < 1.29 is 28.6 Å². The zero-order valence-electron chi connectivity index (χ0n) is 20.0. The summed E-state index contributed by atoms with van der Waals surface area (Å²) in [6.45, 7) is 7.78. The summed E-state index contributed by atoms with van der Waals surface area (Å²) in [7, 11) is 1.57. The van der Waals surface area contributed by atoms with Gasteiger partial charge in [0.1, 0.15) is 18.0 Å². The topological polar surface area (TPSA) is 103 Å². The van der Waals surface area contributed by atoms with Crippen molar-refractivity contribution in [3.8, 4) is 0 Å². The van der Waals surface area contributed by atoms with E-state index in [1.807, 2.05) is 12.1 Å². The third-order valence-electron chi connectivity index (χ3n) is 4.50. The second-order valence-corrected chi connectivity index (χ2v) is 8.73. The van der Waals surface area contributed by atoms with Crippen molar-refractivity contribution in [2.75, 3.05) is 19.0 Å². The molecule has 180 valence electrons. The summed E-state index contributed by atoms with van der Waals surface area (Å²) in [6.07, 6.45) is 4.36. The van der Waals surface area contributed by atoms with Crippen LogP contribution in [0, 0.1) is 0 Å². The van der Waals surface area contributed by atoms with Gasteiger partial charge in [0.15, 0.2) is 0 Å². The molecule has 0 spiro atoms. The molecule has 0 saturated heterocycles. The van der Waals surface area contributed by atoms with Gasteiger partial charge in [0, 0.05) is 31.2 Å². The smallest absolute Gasteiger partial charge is 0.412 e. The Kier molecular flexibility index (Phi) is 12.4. The standard InChI is InChI=1S/C24H38N2O6/c1-18(27)12-9-7-6-8-10-15-25-22(28)31-17-20-14-11-13-19(16-30-5)21(20)26-23(29)32-24(2,3)4/h11,13-14H,6-10,12,15-17H2,1-5H3,(H,25,28)(H,26,29). The highest BCUT2D eigenvalue weighted by Gasteiger charge is 2.19. The lowest BCUT2D eigenvalue weighted by atomic mass is 10.1. The number of anilines is 1. The van der Waals surface area contributed by atoms with Crippen molar-refractivity contribution in [1.82, 2.24) is 5.32 Å². The summed E-state index contributed by atoms with van der Waals surface area (Å²) in [4.78, 5) is 35.2. The van der Waals surface area contributed by atoms with Crippen LogP contribution in [0.3, 0.4) is 0 Å². The van der Waals surface area contributed by atoms with E-state index in [-0.39, 0.29) is 19.0 Å². The zero-order chi connectivity index (χ0) is 24.0. The maximum atomic E-state index is 12.3. The SMILES string of the molecule is COCc1cccc(COC(=O)NCCCCCCCC(C)=O)c1NC(=O)OC(C)(C)C. The van der Waals surface area contributed by atoms with Crippen molar-refractivity contribution in [1.29, 1.82) is 0 Å². The lowest BCUT2D eigenvalue weighted by Gasteiger charge is -2.21. The molecule has 0 aliphatic rings. The van der Waals surface area contributed by atoms with E-state index in [0.717, 1.165) is 37.7 Å². The Morgan fingerprint density at radius 2 is 1.53 bits per heavy atom. The van der Waals surface area contributed by atoms with Crippen molar-refractivity contribution in [3.63, 3.8) is 0 Å². The van der Waals surface area contributed by atoms with Gasteiger partial charge in [-0.1, -0.05) is 37.5 Å². The maximum Gasteiger partial charge on any atom is 0.412 e. The van der Waals surface area contributed by atoms with Gasteiger partial charge >= 0.3 is 12.2 Å². The van der Waals surface area contributed by atoms with Crippen molar-refractivity contribution in [3.05, 3.63) is 29.3 Å². The van der Waals surface area contributed by atoms with Gasteiger partial charge in [-0.15, -0.1) is 0 Å². The van der Waals surface area contributed by atoms with E-state index < -0.39 is 17.8 Å². The number of methoxy groups -OCH3 is 1. The first-order chi connectivity index (χ1) is 15.1. The van der Waals surface area contributed by atoms with Crippen LogP contribution in [0.1, 0.15) is 77.3 Å². The molecular formula is C24H38N2O6. The number of benzene rings is 1. The van der Waals surface area contributed by atoms with E-state index in [1.165, 1.54) is 0 Å². The molecule has 0 radical (unpaired) electrons. The fourth-order valence-corrected chi connectivity index (χ4v) is 3.03. The lowest BCUT2D eigenvalue weighted by molar-refractivity contribution is -0.117. The zero-order valence-corrected chi connectivity index (χ0v) is 20.0. The molecule has 8 heteroatoms. The molecule has 0 atom stereocenters. The molecule has 2 amide bonds. The quantitative estimate of drug-likeness (QED) is 0.394. The summed E-state index contributed by atoms with van der Waals surface area (Å²) in [6, 6.07) is 5.42. The van der Waals surface area contributed by atoms with Crippen LogP contribution in [0.25, 0.3) is 0 Å². The minimum atomic E-state index is -0.635. The molecule has 1 rings (SSSR count). The highest BCUT2D eigenvalue weighted by molar-refractivity contribution is 5.87. The van der Waals surface area contributed by atoms with Crippen molar-refractivity contribution >= 4 is 23.7 Å². The summed E-state index contributed by atoms with van der Waals surface area (Å²) < 4.78 is 15.9. The molecule has 32 heavy (non-hydrogen) atoms. The maximum absolute atomic E-state index is 12.3. The number of nitrogens with one attached hydrogen (secondary N) is 2. The summed E-state index contributed by atoms with van der Waals surface area (Å²) in [5.74, 6) is 0.228. The number of para-hydroxylation sites is 1. The van der Waals surface area contributed by atoms with Crippen LogP contribution in [0.5, 0.6) is 0 Å². The van der Waals surface area contributed by atoms with Crippen molar-refractivity contribution in [2.45, 2.75) is 85.0 Å². The number of amides is 2. The summed E-state index contributed by atoms with van der Waals surface area (Å²) in [5.41, 5.74) is 1.28. The second kappa shape index (κ2) is 14.5. The normalized spacial score (nSPS) is 11.0. The molecule has 0 unspecified atom stereocenters. The van der Waals surface area contributed by atoms with Crippen LogP contribution in [0.2, 0.25) is 0 Å². The first kappa shape index (κ1) is 27.4. The third-order valence-corrected chi connectivity index (χ3v) is 4.50. The Bertz CT molecular complexity index is 742. The van der Waals surface area contributed by atoms with E-state index in [0.29, 0.717) is 24.2 Å². The predicted molar refractivity (Wildman–Crippen MR) is 124 cm³/mol. The second-order valence-electron chi connectivity index (χ2n) is 8.73. The number of carbonyl (C=O) groups is 3. The van der Waals surface area contributed by atoms with E-state index in [1.54, 1.807) is 40.9 Å². The van der Waals surface area contributed by atoms with Crippen LogP contribution in [0.15, 0.2) is 18.2 Å². The highest BCUT2D eigenvalue weighted by atomic mass is 16.6. The molecule has 8 nitrogen and oxygen atoms in total. The average molecular weight is 451 g/mol. The molecule has 0 aliphatic heterocycles. The van der Waals surface area contributed by atoms with Crippen LogP contribution >= 0.6 is 0 Å². The first-order valence-electron chi connectivity index (χ1n) is 11.1. The molecule has 1 aromatic rings. The minimum Gasteiger partial charge on any atom is -0.445 e. The molecule has 0 heterocycles. The molecule has 0 fully saturated rings. The number of alkyl carbamates (subject to hydrolysis) is 1. The van der Waals surface area contributed by atoms with Gasteiger partial charge in [-0.25, -0.2) is 9.59 Å². The van der Waals surface area contributed by atoms with Gasteiger partial charge < -0.3 is 24.3 Å². The number of hydrogen-bond acceptors (Lipinski definition) is 6. The molecule has 0 bridgehead atoms. The molecule has 1 aromatic carbocycles. The lowest BCUT2D eigenvalue weighted by Crippen LogP contribution is -2.28. The third kappa shape index (κ3) is 12.3. The molecule has 0 aliphatic carbocycles. The minimum absolute atomic E-state index is 0.000431. The van der Waals surface area contributed by atoms with Gasteiger partial charge in [0.05, 0.1) is 12.3 Å². The number of ketones is 1. The largest absolute Gasteiger partial charge is 0.445 e. The molecule has 0 aromatic heterocycles. The van der Waals surface area contributed by atoms with Crippen LogP contribution in [-0.2, 0) is 32.2 Å². The predicted octanol–water partition coefficient (Wildman–Crippen LogP) is 5.34. The Morgan fingerprint density at radius 1 is 0.906 bits per heavy atom.